The van der Waals surface area contributed by atoms with Crippen molar-refractivity contribution in [2.75, 3.05) is 32.7 Å². The molecule has 2 aliphatic rings. The van der Waals surface area contributed by atoms with Crippen molar-refractivity contribution in [1.29, 1.82) is 0 Å². The number of nitrogens with zero attached hydrogens (tertiary/aromatic N) is 2. The van der Waals surface area contributed by atoms with Gasteiger partial charge in [-0.25, -0.2) is 0 Å². The largest absolute Gasteiger partial charge is 0.355 e. The second kappa shape index (κ2) is 9.88. The number of rotatable bonds is 7. The molecule has 1 aromatic carbocycles. The molecular formula is C22H33N3O2. The highest BCUT2D eigenvalue weighted by atomic mass is 16.2. The normalized spacial score (nSPS) is 19.8. The van der Waals surface area contributed by atoms with E-state index in [1.54, 1.807) is 0 Å². The van der Waals surface area contributed by atoms with Crippen LogP contribution in [0.2, 0.25) is 0 Å². The van der Waals surface area contributed by atoms with Crippen molar-refractivity contribution in [3.63, 3.8) is 0 Å². The summed E-state index contributed by atoms with van der Waals surface area (Å²) >= 11 is 0. The molecule has 1 N–H and O–H groups in total. The maximum Gasteiger partial charge on any atom is 0.237 e. The molecular weight excluding hydrogens is 338 g/mol. The van der Waals surface area contributed by atoms with Gasteiger partial charge in [0.15, 0.2) is 0 Å². The fraction of sp³-hybridized carbons (Fsp3) is 0.636. The Morgan fingerprint density at radius 1 is 1.07 bits per heavy atom. The average molecular weight is 372 g/mol. The minimum atomic E-state index is -0.0194. The lowest BCUT2D eigenvalue weighted by Gasteiger charge is -2.40. The highest BCUT2D eigenvalue weighted by Gasteiger charge is 2.36. The standard InChI is InChI=1S/C22H33N3O2/c1-2-23-22(27)21(19-10-6-7-11-19)25-16-14-24(15-17-25)20(26)13-12-18-8-4-3-5-9-18/h3-5,8-9,19,21H,2,6-7,10-17H2,1H3,(H,23,27)/t21-/m0/s1. The summed E-state index contributed by atoms with van der Waals surface area (Å²) < 4.78 is 0. The lowest BCUT2D eigenvalue weighted by Crippen LogP contribution is -2.58. The molecule has 148 valence electrons. The van der Waals surface area contributed by atoms with Crippen molar-refractivity contribution < 1.29 is 9.59 Å². The molecule has 1 saturated carbocycles. The fourth-order valence-corrected chi connectivity index (χ4v) is 4.53. The Morgan fingerprint density at radius 2 is 1.74 bits per heavy atom. The molecule has 27 heavy (non-hydrogen) atoms. The smallest absolute Gasteiger partial charge is 0.237 e. The minimum absolute atomic E-state index is 0.0194. The summed E-state index contributed by atoms with van der Waals surface area (Å²) in [6, 6.07) is 10.2. The van der Waals surface area contributed by atoms with Gasteiger partial charge in [-0.3, -0.25) is 14.5 Å². The van der Waals surface area contributed by atoms with Crippen LogP contribution in [0.25, 0.3) is 0 Å². The lowest BCUT2D eigenvalue weighted by atomic mass is 9.95. The number of hydrogen-bond acceptors (Lipinski definition) is 3. The van der Waals surface area contributed by atoms with E-state index in [0.717, 1.165) is 45.4 Å². The number of hydrogen-bond donors (Lipinski definition) is 1. The van der Waals surface area contributed by atoms with Crippen molar-refractivity contribution >= 4 is 11.8 Å². The zero-order valence-corrected chi connectivity index (χ0v) is 16.5. The van der Waals surface area contributed by atoms with Gasteiger partial charge in [0.25, 0.3) is 0 Å². The molecule has 5 heteroatoms. The van der Waals surface area contributed by atoms with Crippen LogP contribution in [0.15, 0.2) is 30.3 Å². The van der Waals surface area contributed by atoms with Gasteiger partial charge in [-0.15, -0.1) is 0 Å². The summed E-state index contributed by atoms with van der Waals surface area (Å²) in [6.07, 6.45) is 6.13. The van der Waals surface area contributed by atoms with Gasteiger partial charge in [0.05, 0.1) is 6.04 Å². The Morgan fingerprint density at radius 3 is 2.37 bits per heavy atom. The zero-order chi connectivity index (χ0) is 19.1. The number of aryl methyl sites for hydroxylation is 1. The Kier molecular flexibility index (Phi) is 7.27. The Labute approximate surface area is 163 Å². The van der Waals surface area contributed by atoms with E-state index in [0.29, 0.717) is 18.9 Å². The van der Waals surface area contributed by atoms with Gasteiger partial charge in [0.2, 0.25) is 11.8 Å². The maximum atomic E-state index is 12.7. The van der Waals surface area contributed by atoms with E-state index >= 15 is 0 Å². The van der Waals surface area contributed by atoms with Crippen LogP contribution in [-0.2, 0) is 16.0 Å². The third-order valence-electron chi connectivity index (χ3n) is 6.00. The number of likely N-dealkylation sites (N-methyl/N-ethyl adjacent to an activating group) is 1. The summed E-state index contributed by atoms with van der Waals surface area (Å²) in [7, 11) is 0. The van der Waals surface area contributed by atoms with E-state index in [1.807, 2.05) is 30.0 Å². The number of nitrogens with one attached hydrogen (secondary N) is 1. The Hall–Kier alpha value is -1.88. The number of carbonyl (C=O) groups is 2. The number of benzene rings is 1. The van der Waals surface area contributed by atoms with Crippen LogP contribution < -0.4 is 5.32 Å². The highest BCUT2D eigenvalue weighted by molar-refractivity contribution is 5.82. The van der Waals surface area contributed by atoms with Gasteiger partial charge in [0.1, 0.15) is 0 Å². The number of piperazine rings is 1. The Balaban J connectivity index is 1.51. The summed E-state index contributed by atoms with van der Waals surface area (Å²) in [5, 5.41) is 3.03. The van der Waals surface area contributed by atoms with Crippen LogP contribution >= 0.6 is 0 Å². The molecule has 0 aromatic heterocycles. The van der Waals surface area contributed by atoms with Crippen LogP contribution in [0.5, 0.6) is 0 Å². The Bertz CT molecular complexity index is 605. The van der Waals surface area contributed by atoms with Crippen LogP contribution in [0, 0.1) is 5.92 Å². The third kappa shape index (κ3) is 5.32. The van der Waals surface area contributed by atoms with Gasteiger partial charge >= 0.3 is 0 Å². The van der Waals surface area contributed by atoms with Crippen molar-refractivity contribution in [3.05, 3.63) is 35.9 Å². The van der Waals surface area contributed by atoms with Gasteiger partial charge in [-0.1, -0.05) is 43.2 Å². The first-order valence-electron chi connectivity index (χ1n) is 10.5. The van der Waals surface area contributed by atoms with Crippen LogP contribution in [0.3, 0.4) is 0 Å². The van der Waals surface area contributed by atoms with E-state index in [9.17, 15) is 9.59 Å². The van der Waals surface area contributed by atoms with E-state index in [-0.39, 0.29) is 17.9 Å². The first-order valence-corrected chi connectivity index (χ1v) is 10.5. The molecule has 0 unspecified atom stereocenters. The van der Waals surface area contributed by atoms with Crippen LogP contribution in [0.1, 0.15) is 44.6 Å². The molecule has 1 atom stereocenters. The van der Waals surface area contributed by atoms with Gasteiger partial charge in [0, 0.05) is 39.1 Å². The van der Waals surface area contributed by atoms with Gasteiger partial charge in [-0.05, 0) is 37.7 Å². The van der Waals surface area contributed by atoms with E-state index in [2.05, 4.69) is 22.3 Å². The average Bonchev–Trinajstić information content (AvgIpc) is 3.22. The predicted octanol–water partition coefficient (Wildman–Crippen LogP) is 2.46. The molecule has 1 aromatic rings. The summed E-state index contributed by atoms with van der Waals surface area (Å²) in [4.78, 5) is 29.5. The molecule has 1 saturated heterocycles. The molecule has 5 nitrogen and oxygen atoms in total. The van der Waals surface area contributed by atoms with Crippen LogP contribution in [-0.4, -0.2) is 60.4 Å². The maximum absolute atomic E-state index is 12.7. The third-order valence-corrected chi connectivity index (χ3v) is 6.00. The lowest BCUT2D eigenvalue weighted by molar-refractivity contribution is -0.135. The number of carbonyl (C=O) groups excluding carboxylic acids is 2. The zero-order valence-electron chi connectivity index (χ0n) is 16.5. The first-order chi connectivity index (χ1) is 13.2. The molecule has 0 radical (unpaired) electrons. The van der Waals surface area contributed by atoms with E-state index in [1.165, 1.54) is 18.4 Å². The summed E-state index contributed by atoms with van der Waals surface area (Å²) in [6.45, 7) is 5.73. The predicted molar refractivity (Wildman–Crippen MR) is 107 cm³/mol. The highest BCUT2D eigenvalue weighted by Crippen LogP contribution is 2.31. The molecule has 0 bridgehead atoms. The first kappa shape index (κ1) is 19.9. The van der Waals surface area contributed by atoms with Crippen molar-refractivity contribution in [1.82, 2.24) is 15.1 Å². The van der Waals surface area contributed by atoms with E-state index in [4.69, 9.17) is 0 Å². The van der Waals surface area contributed by atoms with Crippen molar-refractivity contribution in [2.24, 2.45) is 5.92 Å². The molecule has 2 amide bonds. The monoisotopic (exact) mass is 371 g/mol. The second-order valence-corrected chi connectivity index (χ2v) is 7.79. The summed E-state index contributed by atoms with van der Waals surface area (Å²) in [5.41, 5.74) is 1.21. The molecule has 2 fully saturated rings. The summed E-state index contributed by atoms with van der Waals surface area (Å²) in [5.74, 6) is 0.874. The molecule has 1 aliphatic carbocycles. The second-order valence-electron chi connectivity index (χ2n) is 7.79. The fourth-order valence-electron chi connectivity index (χ4n) is 4.53. The molecule has 3 rings (SSSR count). The van der Waals surface area contributed by atoms with E-state index < -0.39 is 0 Å². The molecule has 1 heterocycles. The van der Waals surface area contributed by atoms with Crippen LogP contribution in [0.4, 0.5) is 0 Å². The van der Waals surface area contributed by atoms with Gasteiger partial charge in [-0.2, -0.15) is 0 Å². The number of amides is 2. The molecule has 1 aliphatic heterocycles. The van der Waals surface area contributed by atoms with Crippen molar-refractivity contribution in [3.8, 4) is 0 Å². The SMILES string of the molecule is CCNC(=O)[C@H](C1CCCC1)N1CCN(C(=O)CCc2ccccc2)CC1. The minimum Gasteiger partial charge on any atom is -0.355 e. The van der Waals surface area contributed by atoms with Crippen molar-refractivity contribution in [2.45, 2.75) is 51.5 Å². The molecule has 0 spiro atoms. The quantitative estimate of drug-likeness (QED) is 0.801. The van der Waals surface area contributed by atoms with Gasteiger partial charge < -0.3 is 10.2 Å². The topological polar surface area (TPSA) is 52.7 Å².